The summed E-state index contributed by atoms with van der Waals surface area (Å²) in [7, 11) is 0. The molecular formula is C16H23NO5. The van der Waals surface area contributed by atoms with Crippen molar-refractivity contribution in [1.29, 1.82) is 0 Å². The van der Waals surface area contributed by atoms with Crippen LogP contribution in [0.4, 0.5) is 5.69 Å². The van der Waals surface area contributed by atoms with Crippen LogP contribution in [0.2, 0.25) is 0 Å². The third-order valence-electron chi connectivity index (χ3n) is 4.39. The number of aliphatic hydroxyl groups is 3. The Morgan fingerprint density at radius 3 is 2.18 bits per heavy atom. The van der Waals surface area contributed by atoms with E-state index in [1.54, 1.807) is 0 Å². The molecule has 6 nitrogen and oxygen atoms in total. The third kappa shape index (κ3) is 2.95. The minimum Gasteiger partial charge on any atom is -0.455 e. The second kappa shape index (κ2) is 6.24. The van der Waals surface area contributed by atoms with E-state index in [1.807, 2.05) is 27.7 Å². The summed E-state index contributed by atoms with van der Waals surface area (Å²) < 4.78 is 4.82. The van der Waals surface area contributed by atoms with Crippen LogP contribution in [0.25, 0.3) is 0 Å². The van der Waals surface area contributed by atoms with Gasteiger partial charge in [-0.05, 0) is 49.9 Å². The lowest BCUT2D eigenvalue weighted by Gasteiger charge is -2.23. The molecular weight excluding hydrogens is 286 g/mol. The summed E-state index contributed by atoms with van der Waals surface area (Å²) in [6.45, 7) is 8.12. The van der Waals surface area contributed by atoms with Crippen molar-refractivity contribution in [3.05, 3.63) is 28.3 Å². The lowest BCUT2D eigenvalue weighted by Crippen LogP contribution is -2.42. The van der Waals surface area contributed by atoms with Crippen LogP contribution in [0.15, 0.2) is 6.07 Å². The van der Waals surface area contributed by atoms with Crippen LogP contribution in [0.1, 0.15) is 22.3 Å². The Kier molecular flexibility index (Phi) is 4.75. The molecule has 0 aromatic heterocycles. The predicted molar refractivity (Wildman–Crippen MR) is 81.8 cm³/mol. The van der Waals surface area contributed by atoms with Gasteiger partial charge >= 0.3 is 5.97 Å². The molecule has 0 aliphatic carbocycles. The molecule has 1 aromatic carbocycles. The Morgan fingerprint density at radius 2 is 1.73 bits per heavy atom. The zero-order valence-corrected chi connectivity index (χ0v) is 13.3. The molecule has 1 aliphatic heterocycles. The Labute approximate surface area is 129 Å². The molecule has 0 amide bonds. The maximum absolute atomic E-state index is 11.2. The van der Waals surface area contributed by atoms with Gasteiger partial charge in [-0.1, -0.05) is 6.07 Å². The largest absolute Gasteiger partial charge is 0.455 e. The van der Waals surface area contributed by atoms with Gasteiger partial charge in [-0.3, -0.25) is 0 Å². The zero-order chi connectivity index (χ0) is 16.6. The standard InChI is InChI=1S/C16H23NO5/c1-7-5-8(2)10(4)12(9(7)3)17-6-11(18)15-13(19)14(20)16(21)22-15/h5,11,13-15,17-20H,6H2,1-4H3. The van der Waals surface area contributed by atoms with Crippen molar-refractivity contribution in [1.82, 2.24) is 0 Å². The highest BCUT2D eigenvalue weighted by atomic mass is 16.6. The second-order valence-corrected chi connectivity index (χ2v) is 5.92. The summed E-state index contributed by atoms with van der Waals surface area (Å²) in [4.78, 5) is 11.2. The van der Waals surface area contributed by atoms with Crippen molar-refractivity contribution in [2.24, 2.45) is 0 Å². The molecule has 1 fully saturated rings. The van der Waals surface area contributed by atoms with E-state index in [4.69, 9.17) is 4.74 Å². The van der Waals surface area contributed by atoms with Gasteiger partial charge in [0.25, 0.3) is 0 Å². The molecule has 1 heterocycles. The molecule has 4 N–H and O–H groups in total. The lowest BCUT2D eigenvalue weighted by atomic mass is 9.98. The first-order valence-electron chi connectivity index (χ1n) is 7.30. The highest BCUT2D eigenvalue weighted by molar-refractivity contribution is 5.77. The van der Waals surface area contributed by atoms with Gasteiger partial charge < -0.3 is 25.4 Å². The Morgan fingerprint density at radius 1 is 1.18 bits per heavy atom. The Hall–Kier alpha value is -1.63. The van der Waals surface area contributed by atoms with Gasteiger partial charge in [0.15, 0.2) is 12.2 Å². The van der Waals surface area contributed by atoms with Crippen LogP contribution in [0.3, 0.4) is 0 Å². The summed E-state index contributed by atoms with van der Waals surface area (Å²) in [5, 5.41) is 32.4. The number of cyclic esters (lactones) is 1. The minimum absolute atomic E-state index is 0.103. The molecule has 6 heteroatoms. The molecule has 2 rings (SSSR count). The normalized spacial score (nSPS) is 26.0. The summed E-state index contributed by atoms with van der Waals surface area (Å²) in [6.07, 6.45) is -5.24. The van der Waals surface area contributed by atoms with Crippen LogP contribution < -0.4 is 5.32 Å². The number of hydrogen-bond acceptors (Lipinski definition) is 6. The number of carbonyl (C=O) groups is 1. The number of nitrogens with one attached hydrogen (secondary N) is 1. The number of anilines is 1. The molecule has 4 atom stereocenters. The van der Waals surface area contributed by atoms with Crippen LogP contribution in [-0.4, -0.2) is 52.2 Å². The van der Waals surface area contributed by atoms with Gasteiger partial charge in [0, 0.05) is 12.2 Å². The molecule has 122 valence electrons. The summed E-state index contributed by atoms with van der Waals surface area (Å²) >= 11 is 0. The Balaban J connectivity index is 2.09. The number of aliphatic hydroxyl groups excluding tert-OH is 3. The van der Waals surface area contributed by atoms with Crippen molar-refractivity contribution < 1.29 is 24.9 Å². The molecule has 0 spiro atoms. The number of rotatable bonds is 4. The lowest BCUT2D eigenvalue weighted by molar-refractivity contribution is -0.150. The van der Waals surface area contributed by atoms with E-state index in [1.165, 1.54) is 0 Å². The topological polar surface area (TPSA) is 99.0 Å². The highest BCUT2D eigenvalue weighted by Gasteiger charge is 2.46. The van der Waals surface area contributed by atoms with Gasteiger partial charge in [-0.25, -0.2) is 4.79 Å². The number of ether oxygens (including phenoxy) is 1. The minimum atomic E-state index is -1.59. The van der Waals surface area contributed by atoms with Crippen molar-refractivity contribution in [2.45, 2.75) is 52.1 Å². The van der Waals surface area contributed by atoms with Crippen molar-refractivity contribution >= 4 is 11.7 Å². The van der Waals surface area contributed by atoms with E-state index in [0.29, 0.717) is 0 Å². The average Bonchev–Trinajstić information content (AvgIpc) is 2.72. The maximum Gasteiger partial charge on any atom is 0.338 e. The molecule has 1 aliphatic rings. The fraction of sp³-hybridized carbons (Fsp3) is 0.562. The van der Waals surface area contributed by atoms with Gasteiger partial charge in [0.2, 0.25) is 0 Å². The van der Waals surface area contributed by atoms with Gasteiger partial charge in [0.1, 0.15) is 12.2 Å². The Bertz CT molecular complexity index is 560. The number of carbonyl (C=O) groups excluding carboxylic acids is 1. The van der Waals surface area contributed by atoms with E-state index in [2.05, 4.69) is 11.4 Å². The SMILES string of the molecule is Cc1cc(C)c(C)c(NCC(O)C2OC(=O)C(O)C2O)c1C. The van der Waals surface area contributed by atoms with Crippen molar-refractivity contribution in [2.75, 3.05) is 11.9 Å². The number of benzene rings is 1. The molecule has 0 radical (unpaired) electrons. The van der Waals surface area contributed by atoms with Crippen LogP contribution in [0, 0.1) is 27.7 Å². The van der Waals surface area contributed by atoms with Crippen LogP contribution in [0.5, 0.6) is 0 Å². The zero-order valence-electron chi connectivity index (χ0n) is 13.3. The highest BCUT2D eigenvalue weighted by Crippen LogP contribution is 2.27. The predicted octanol–water partition coefficient (Wildman–Crippen LogP) is 0.340. The van der Waals surface area contributed by atoms with E-state index in [9.17, 15) is 20.1 Å². The fourth-order valence-corrected chi connectivity index (χ4v) is 2.70. The van der Waals surface area contributed by atoms with Crippen LogP contribution in [-0.2, 0) is 9.53 Å². The first kappa shape index (κ1) is 16.7. The molecule has 1 aromatic rings. The van der Waals surface area contributed by atoms with Crippen molar-refractivity contribution in [3.63, 3.8) is 0 Å². The molecule has 22 heavy (non-hydrogen) atoms. The monoisotopic (exact) mass is 309 g/mol. The summed E-state index contributed by atoms with van der Waals surface area (Å²) in [5.74, 6) is -0.907. The summed E-state index contributed by atoms with van der Waals surface area (Å²) in [6, 6.07) is 2.10. The third-order valence-corrected chi connectivity index (χ3v) is 4.39. The quantitative estimate of drug-likeness (QED) is 0.599. The van der Waals surface area contributed by atoms with Gasteiger partial charge in [0.05, 0.1) is 0 Å². The van der Waals surface area contributed by atoms with E-state index < -0.39 is 30.4 Å². The van der Waals surface area contributed by atoms with E-state index >= 15 is 0 Å². The molecule has 4 unspecified atom stereocenters. The number of hydrogen-bond donors (Lipinski definition) is 4. The molecule has 0 saturated carbocycles. The fourth-order valence-electron chi connectivity index (χ4n) is 2.70. The number of aryl methyl sites for hydroxylation is 2. The maximum atomic E-state index is 11.2. The van der Waals surface area contributed by atoms with E-state index in [0.717, 1.165) is 27.9 Å². The molecule has 0 bridgehead atoms. The first-order valence-corrected chi connectivity index (χ1v) is 7.30. The smallest absolute Gasteiger partial charge is 0.338 e. The van der Waals surface area contributed by atoms with Crippen molar-refractivity contribution in [3.8, 4) is 0 Å². The second-order valence-electron chi connectivity index (χ2n) is 5.92. The first-order chi connectivity index (χ1) is 10.2. The van der Waals surface area contributed by atoms with Gasteiger partial charge in [-0.2, -0.15) is 0 Å². The molecule has 1 saturated heterocycles. The summed E-state index contributed by atoms with van der Waals surface area (Å²) in [5.41, 5.74) is 5.38. The van der Waals surface area contributed by atoms with Crippen LogP contribution >= 0.6 is 0 Å². The number of esters is 1. The van der Waals surface area contributed by atoms with E-state index in [-0.39, 0.29) is 6.54 Å². The van der Waals surface area contributed by atoms with Gasteiger partial charge in [-0.15, -0.1) is 0 Å². The average molecular weight is 309 g/mol.